The Balaban J connectivity index is 1.68. The standard InChI is InChI=1S/C22H21N3O4/c1-14(26)15-4-6-16(7-5-15)25-22(27)20-10-8-17(13-23-20)24-19-11-9-18(28-2)12-21(19)29-3/h4-13,24H,1-3H3,(H,25,27). The zero-order valence-electron chi connectivity index (χ0n) is 16.4. The molecule has 7 heteroatoms. The van der Waals surface area contributed by atoms with E-state index in [9.17, 15) is 9.59 Å². The first-order chi connectivity index (χ1) is 14.0. The Morgan fingerprint density at radius 3 is 2.21 bits per heavy atom. The molecule has 29 heavy (non-hydrogen) atoms. The summed E-state index contributed by atoms with van der Waals surface area (Å²) in [6.45, 7) is 1.49. The van der Waals surface area contributed by atoms with Crippen LogP contribution < -0.4 is 20.1 Å². The summed E-state index contributed by atoms with van der Waals surface area (Å²) in [4.78, 5) is 27.9. The summed E-state index contributed by atoms with van der Waals surface area (Å²) in [6, 6.07) is 15.5. The highest BCUT2D eigenvalue weighted by molar-refractivity contribution is 6.03. The third-order valence-electron chi connectivity index (χ3n) is 4.23. The number of methoxy groups -OCH3 is 2. The number of amides is 1. The Labute approximate surface area is 168 Å². The lowest BCUT2D eigenvalue weighted by Gasteiger charge is -2.12. The van der Waals surface area contributed by atoms with Gasteiger partial charge < -0.3 is 20.1 Å². The summed E-state index contributed by atoms with van der Waals surface area (Å²) in [5, 5.41) is 5.96. The van der Waals surface area contributed by atoms with E-state index in [2.05, 4.69) is 15.6 Å². The molecule has 0 aliphatic heterocycles. The molecule has 0 bridgehead atoms. The molecule has 2 N–H and O–H groups in total. The molecule has 2 aromatic carbocycles. The van der Waals surface area contributed by atoms with Gasteiger partial charge in [-0.2, -0.15) is 0 Å². The Kier molecular flexibility index (Phi) is 6.09. The largest absolute Gasteiger partial charge is 0.497 e. The molecule has 0 saturated carbocycles. The smallest absolute Gasteiger partial charge is 0.274 e. The number of nitrogens with one attached hydrogen (secondary N) is 2. The van der Waals surface area contributed by atoms with E-state index in [1.54, 1.807) is 62.9 Å². The summed E-state index contributed by atoms with van der Waals surface area (Å²) in [5.41, 5.74) is 2.90. The fourth-order valence-corrected chi connectivity index (χ4v) is 2.64. The van der Waals surface area contributed by atoms with Gasteiger partial charge in [-0.1, -0.05) is 0 Å². The highest BCUT2D eigenvalue weighted by atomic mass is 16.5. The van der Waals surface area contributed by atoms with Gasteiger partial charge in [0.1, 0.15) is 17.2 Å². The predicted molar refractivity (Wildman–Crippen MR) is 111 cm³/mol. The Bertz CT molecular complexity index is 1020. The zero-order valence-corrected chi connectivity index (χ0v) is 16.4. The third-order valence-corrected chi connectivity index (χ3v) is 4.23. The van der Waals surface area contributed by atoms with Gasteiger partial charge in [0, 0.05) is 17.3 Å². The molecule has 0 radical (unpaired) electrons. The van der Waals surface area contributed by atoms with Crippen molar-refractivity contribution in [3.05, 3.63) is 72.1 Å². The summed E-state index contributed by atoms with van der Waals surface area (Å²) >= 11 is 0. The number of ether oxygens (including phenoxy) is 2. The van der Waals surface area contributed by atoms with E-state index in [1.807, 2.05) is 12.1 Å². The highest BCUT2D eigenvalue weighted by Crippen LogP contribution is 2.31. The maximum Gasteiger partial charge on any atom is 0.274 e. The molecule has 0 fully saturated rings. The SMILES string of the molecule is COc1ccc(Nc2ccc(C(=O)Nc3ccc(C(C)=O)cc3)nc2)c(OC)c1. The lowest BCUT2D eigenvalue weighted by atomic mass is 10.1. The van der Waals surface area contributed by atoms with Crippen molar-refractivity contribution in [2.75, 3.05) is 24.9 Å². The van der Waals surface area contributed by atoms with Gasteiger partial charge in [-0.15, -0.1) is 0 Å². The predicted octanol–water partition coefficient (Wildman–Crippen LogP) is 4.30. The van der Waals surface area contributed by atoms with Crippen LogP contribution in [0.25, 0.3) is 0 Å². The Morgan fingerprint density at radius 1 is 0.897 bits per heavy atom. The Hall–Kier alpha value is -3.87. The number of benzene rings is 2. The summed E-state index contributed by atoms with van der Waals surface area (Å²) in [6.07, 6.45) is 1.57. The van der Waals surface area contributed by atoms with Crippen LogP contribution in [0, 0.1) is 0 Å². The number of hydrogen-bond donors (Lipinski definition) is 2. The van der Waals surface area contributed by atoms with Gasteiger partial charge in [0.05, 0.1) is 31.8 Å². The second-order valence-electron chi connectivity index (χ2n) is 6.21. The van der Waals surface area contributed by atoms with Crippen molar-refractivity contribution >= 4 is 28.8 Å². The summed E-state index contributed by atoms with van der Waals surface area (Å²) in [5.74, 6) is 0.948. The molecule has 1 amide bonds. The van der Waals surface area contributed by atoms with Crippen molar-refractivity contribution in [2.24, 2.45) is 0 Å². The minimum atomic E-state index is -0.339. The van der Waals surface area contributed by atoms with E-state index in [0.717, 1.165) is 5.69 Å². The van der Waals surface area contributed by atoms with Crippen molar-refractivity contribution in [2.45, 2.75) is 6.92 Å². The molecule has 0 aliphatic carbocycles. The molecule has 3 aromatic rings. The molecule has 3 rings (SSSR count). The molecule has 0 atom stereocenters. The monoisotopic (exact) mass is 391 g/mol. The fourth-order valence-electron chi connectivity index (χ4n) is 2.64. The van der Waals surface area contributed by atoms with Crippen LogP contribution in [0.5, 0.6) is 11.5 Å². The number of hydrogen-bond acceptors (Lipinski definition) is 6. The van der Waals surface area contributed by atoms with Crippen LogP contribution in [0.15, 0.2) is 60.8 Å². The van der Waals surface area contributed by atoms with E-state index in [-0.39, 0.29) is 17.4 Å². The number of carbonyl (C=O) groups excluding carboxylic acids is 2. The molecule has 0 aliphatic rings. The van der Waals surface area contributed by atoms with E-state index >= 15 is 0 Å². The van der Waals surface area contributed by atoms with Gasteiger partial charge in [0.15, 0.2) is 5.78 Å². The second kappa shape index (κ2) is 8.88. The summed E-state index contributed by atoms with van der Waals surface area (Å²) < 4.78 is 10.6. The number of rotatable bonds is 7. The summed E-state index contributed by atoms with van der Waals surface area (Å²) in [7, 11) is 3.17. The topological polar surface area (TPSA) is 89.6 Å². The van der Waals surface area contributed by atoms with Crippen LogP contribution in [0.1, 0.15) is 27.8 Å². The van der Waals surface area contributed by atoms with Crippen molar-refractivity contribution in [1.82, 2.24) is 4.98 Å². The number of anilines is 3. The van der Waals surface area contributed by atoms with Gasteiger partial charge in [0.2, 0.25) is 0 Å². The van der Waals surface area contributed by atoms with Crippen LogP contribution in [0.3, 0.4) is 0 Å². The quantitative estimate of drug-likeness (QED) is 0.584. The minimum Gasteiger partial charge on any atom is -0.497 e. The van der Waals surface area contributed by atoms with E-state index in [1.165, 1.54) is 6.92 Å². The van der Waals surface area contributed by atoms with Gasteiger partial charge >= 0.3 is 0 Å². The molecule has 0 spiro atoms. The molecular weight excluding hydrogens is 370 g/mol. The average molecular weight is 391 g/mol. The van der Waals surface area contributed by atoms with Gasteiger partial charge in [0.25, 0.3) is 5.91 Å². The molecule has 0 saturated heterocycles. The first-order valence-electron chi connectivity index (χ1n) is 8.87. The lowest BCUT2D eigenvalue weighted by molar-refractivity contribution is 0.101. The minimum absolute atomic E-state index is 0.0267. The lowest BCUT2D eigenvalue weighted by Crippen LogP contribution is -2.13. The molecule has 1 heterocycles. The first kappa shape index (κ1) is 19.9. The normalized spacial score (nSPS) is 10.2. The molecule has 148 valence electrons. The molecule has 0 unspecified atom stereocenters. The fraction of sp³-hybridized carbons (Fsp3) is 0.136. The number of pyridine rings is 1. The molecular formula is C22H21N3O4. The number of Topliss-reactive ketones (excluding diaryl/α,β-unsaturated/α-hetero) is 1. The van der Waals surface area contributed by atoms with Crippen LogP contribution in [0.2, 0.25) is 0 Å². The van der Waals surface area contributed by atoms with Crippen molar-refractivity contribution in [3.8, 4) is 11.5 Å². The molecule has 1 aromatic heterocycles. The van der Waals surface area contributed by atoms with Crippen LogP contribution >= 0.6 is 0 Å². The van der Waals surface area contributed by atoms with Crippen LogP contribution in [0.4, 0.5) is 17.1 Å². The highest BCUT2D eigenvalue weighted by Gasteiger charge is 2.10. The second-order valence-corrected chi connectivity index (χ2v) is 6.21. The van der Waals surface area contributed by atoms with Crippen molar-refractivity contribution in [1.29, 1.82) is 0 Å². The first-order valence-corrected chi connectivity index (χ1v) is 8.87. The van der Waals surface area contributed by atoms with Crippen LogP contribution in [-0.2, 0) is 0 Å². The molecule has 7 nitrogen and oxygen atoms in total. The maximum atomic E-state index is 12.4. The van der Waals surface area contributed by atoms with Crippen molar-refractivity contribution < 1.29 is 19.1 Å². The third kappa shape index (κ3) is 4.90. The number of ketones is 1. The zero-order chi connectivity index (χ0) is 20.8. The van der Waals surface area contributed by atoms with E-state index in [0.29, 0.717) is 28.4 Å². The number of nitrogens with zero attached hydrogens (tertiary/aromatic N) is 1. The van der Waals surface area contributed by atoms with Gasteiger partial charge in [-0.3, -0.25) is 9.59 Å². The average Bonchev–Trinajstić information content (AvgIpc) is 2.74. The number of carbonyl (C=O) groups is 2. The Morgan fingerprint density at radius 2 is 1.62 bits per heavy atom. The van der Waals surface area contributed by atoms with Gasteiger partial charge in [-0.25, -0.2) is 4.98 Å². The number of aromatic nitrogens is 1. The van der Waals surface area contributed by atoms with Gasteiger partial charge in [-0.05, 0) is 55.5 Å². The van der Waals surface area contributed by atoms with E-state index in [4.69, 9.17) is 9.47 Å². The van der Waals surface area contributed by atoms with Crippen LogP contribution in [-0.4, -0.2) is 30.9 Å². The maximum absolute atomic E-state index is 12.4. The van der Waals surface area contributed by atoms with Crippen molar-refractivity contribution in [3.63, 3.8) is 0 Å². The van der Waals surface area contributed by atoms with E-state index < -0.39 is 0 Å².